The number of fused-ring (bicyclic) bond motifs is 3. The number of rotatable bonds is 2. The van der Waals surface area contributed by atoms with Crippen LogP contribution in [-0.2, 0) is 6.54 Å². The largest absolute Gasteiger partial charge is 0.352 e. The molecule has 2 heterocycles. The van der Waals surface area contributed by atoms with Crippen molar-refractivity contribution in [2.75, 3.05) is 19.6 Å². The van der Waals surface area contributed by atoms with Gasteiger partial charge in [0.15, 0.2) is 0 Å². The van der Waals surface area contributed by atoms with Crippen LogP contribution in [0.5, 0.6) is 0 Å². The fourth-order valence-corrected chi connectivity index (χ4v) is 4.41. The summed E-state index contributed by atoms with van der Waals surface area (Å²) in [6, 6.07) is 14.9. The Morgan fingerprint density at radius 3 is 2.62 bits per heavy atom. The van der Waals surface area contributed by atoms with Crippen LogP contribution < -0.4 is 5.32 Å². The molecule has 1 N–H and O–H groups in total. The molecule has 3 heteroatoms. The summed E-state index contributed by atoms with van der Waals surface area (Å²) in [5, 5.41) is 3.11. The number of hydrogen-bond acceptors (Lipinski definition) is 2. The number of nitrogens with one attached hydrogen (secondary N) is 1. The van der Waals surface area contributed by atoms with E-state index in [4.69, 9.17) is 0 Å². The number of carbonyl (C=O) groups is 1. The lowest BCUT2D eigenvalue weighted by molar-refractivity contribution is 0.0951. The number of benzene rings is 2. The zero-order chi connectivity index (χ0) is 16.7. The van der Waals surface area contributed by atoms with Crippen molar-refractivity contribution < 1.29 is 4.79 Å². The van der Waals surface area contributed by atoms with Gasteiger partial charge in [-0.1, -0.05) is 47.5 Å². The van der Waals surface area contributed by atoms with Crippen LogP contribution in [0.3, 0.4) is 0 Å². The summed E-state index contributed by atoms with van der Waals surface area (Å²) in [5.41, 5.74) is 6.13. The highest BCUT2D eigenvalue weighted by Crippen LogP contribution is 2.36. The average Bonchev–Trinajstić information content (AvgIpc) is 2.89. The number of aryl methyl sites for hydroxylation is 2. The number of amides is 1. The predicted octanol–water partition coefficient (Wildman–Crippen LogP) is 3.26. The van der Waals surface area contributed by atoms with Crippen molar-refractivity contribution in [3.8, 4) is 0 Å². The van der Waals surface area contributed by atoms with E-state index < -0.39 is 0 Å². The molecule has 4 rings (SSSR count). The molecular formula is C21H24N2O. The van der Waals surface area contributed by atoms with E-state index in [1.807, 2.05) is 12.1 Å². The van der Waals surface area contributed by atoms with Gasteiger partial charge in [-0.25, -0.2) is 0 Å². The Hall–Kier alpha value is -2.13. The molecule has 0 bridgehead atoms. The summed E-state index contributed by atoms with van der Waals surface area (Å²) >= 11 is 0. The minimum Gasteiger partial charge on any atom is -0.352 e. The monoisotopic (exact) mass is 320 g/mol. The van der Waals surface area contributed by atoms with Gasteiger partial charge in [0, 0.05) is 37.7 Å². The summed E-state index contributed by atoms with van der Waals surface area (Å²) in [5.74, 6) is 1.04. The van der Waals surface area contributed by atoms with Gasteiger partial charge in [0.05, 0.1) is 0 Å². The Morgan fingerprint density at radius 2 is 1.83 bits per heavy atom. The second kappa shape index (κ2) is 6.06. The maximum atomic E-state index is 12.3. The van der Waals surface area contributed by atoms with Crippen molar-refractivity contribution in [3.05, 3.63) is 70.3 Å². The van der Waals surface area contributed by atoms with Crippen LogP contribution in [0.4, 0.5) is 0 Å². The molecule has 3 nitrogen and oxygen atoms in total. The number of likely N-dealkylation sites (tertiary alicyclic amines) is 1. The molecule has 0 radical (unpaired) electrons. The van der Waals surface area contributed by atoms with Crippen molar-refractivity contribution >= 4 is 5.91 Å². The third-order valence-corrected chi connectivity index (χ3v) is 5.33. The third kappa shape index (κ3) is 2.84. The minimum atomic E-state index is 0.0841. The van der Waals surface area contributed by atoms with E-state index in [1.165, 1.54) is 22.3 Å². The SMILES string of the molecule is Cc1cc(C)cc(CN2C[C@@H]3CNC(=O)c4ccccc4[C@H]3C2)c1. The summed E-state index contributed by atoms with van der Waals surface area (Å²) in [6.45, 7) is 8.18. The highest BCUT2D eigenvalue weighted by molar-refractivity contribution is 5.96. The lowest BCUT2D eigenvalue weighted by Gasteiger charge is -2.18. The van der Waals surface area contributed by atoms with Crippen LogP contribution in [0.1, 0.15) is 38.5 Å². The lowest BCUT2D eigenvalue weighted by atomic mass is 9.87. The van der Waals surface area contributed by atoms with Crippen LogP contribution in [0.25, 0.3) is 0 Å². The molecule has 2 aromatic rings. The Labute approximate surface area is 143 Å². The molecular weight excluding hydrogens is 296 g/mol. The molecule has 2 aromatic carbocycles. The lowest BCUT2D eigenvalue weighted by Crippen LogP contribution is -2.29. The summed E-state index contributed by atoms with van der Waals surface area (Å²) < 4.78 is 0. The van der Waals surface area contributed by atoms with Gasteiger partial charge in [-0.15, -0.1) is 0 Å². The van der Waals surface area contributed by atoms with Gasteiger partial charge >= 0.3 is 0 Å². The van der Waals surface area contributed by atoms with Crippen LogP contribution >= 0.6 is 0 Å². The molecule has 2 aliphatic rings. The van der Waals surface area contributed by atoms with Gasteiger partial charge < -0.3 is 5.32 Å². The summed E-state index contributed by atoms with van der Waals surface area (Å²) in [7, 11) is 0. The van der Waals surface area contributed by atoms with Gasteiger partial charge in [0.25, 0.3) is 5.91 Å². The quantitative estimate of drug-likeness (QED) is 0.921. The summed E-state index contributed by atoms with van der Waals surface area (Å²) in [6.07, 6.45) is 0. The molecule has 24 heavy (non-hydrogen) atoms. The topological polar surface area (TPSA) is 32.3 Å². The number of hydrogen-bond donors (Lipinski definition) is 1. The van der Waals surface area contributed by atoms with Crippen LogP contribution in [-0.4, -0.2) is 30.4 Å². The van der Waals surface area contributed by atoms with Gasteiger partial charge in [-0.2, -0.15) is 0 Å². The molecule has 2 aliphatic heterocycles. The molecule has 2 atom stereocenters. The highest BCUT2D eigenvalue weighted by Gasteiger charge is 2.37. The second-order valence-electron chi connectivity index (χ2n) is 7.35. The van der Waals surface area contributed by atoms with E-state index in [2.05, 4.69) is 54.4 Å². The van der Waals surface area contributed by atoms with E-state index in [9.17, 15) is 4.79 Å². The van der Waals surface area contributed by atoms with E-state index in [0.29, 0.717) is 11.8 Å². The first-order valence-corrected chi connectivity index (χ1v) is 8.77. The van der Waals surface area contributed by atoms with Gasteiger partial charge in [0.1, 0.15) is 0 Å². The molecule has 0 unspecified atom stereocenters. The smallest absolute Gasteiger partial charge is 0.251 e. The number of carbonyl (C=O) groups excluding carboxylic acids is 1. The van der Waals surface area contributed by atoms with Crippen molar-refractivity contribution in [3.63, 3.8) is 0 Å². The molecule has 0 aliphatic carbocycles. The zero-order valence-corrected chi connectivity index (χ0v) is 14.4. The molecule has 1 fully saturated rings. The zero-order valence-electron chi connectivity index (χ0n) is 14.4. The van der Waals surface area contributed by atoms with Crippen molar-refractivity contribution in [2.45, 2.75) is 26.3 Å². The van der Waals surface area contributed by atoms with Crippen molar-refractivity contribution in [1.29, 1.82) is 0 Å². The Balaban J connectivity index is 1.58. The van der Waals surface area contributed by atoms with Crippen LogP contribution in [0.2, 0.25) is 0 Å². The molecule has 1 amide bonds. The number of nitrogens with zero attached hydrogens (tertiary/aromatic N) is 1. The predicted molar refractivity (Wildman–Crippen MR) is 96.2 cm³/mol. The van der Waals surface area contributed by atoms with Gasteiger partial charge in [-0.3, -0.25) is 9.69 Å². The fraction of sp³-hybridized carbons (Fsp3) is 0.381. The Kier molecular flexibility index (Phi) is 3.89. The maximum Gasteiger partial charge on any atom is 0.251 e. The minimum absolute atomic E-state index is 0.0841. The van der Waals surface area contributed by atoms with Crippen molar-refractivity contribution in [1.82, 2.24) is 10.2 Å². The summed E-state index contributed by atoms with van der Waals surface area (Å²) in [4.78, 5) is 14.8. The molecule has 124 valence electrons. The first-order chi connectivity index (χ1) is 11.6. The van der Waals surface area contributed by atoms with E-state index in [0.717, 1.165) is 31.7 Å². The molecule has 0 aromatic heterocycles. The first kappa shape index (κ1) is 15.4. The first-order valence-electron chi connectivity index (χ1n) is 8.77. The normalized spacial score (nSPS) is 23.3. The Bertz CT molecular complexity index is 763. The maximum absolute atomic E-state index is 12.3. The second-order valence-corrected chi connectivity index (χ2v) is 7.35. The molecule has 0 saturated carbocycles. The standard InChI is InChI=1S/C21H24N2O/c1-14-7-15(2)9-16(8-14)11-23-12-17-10-22-21(24)19-6-4-3-5-18(19)20(17)13-23/h3-9,17,20H,10-13H2,1-2H3,(H,22,24)/t17-,20-/m0/s1. The van der Waals surface area contributed by atoms with Gasteiger partial charge in [-0.05, 0) is 37.0 Å². The Morgan fingerprint density at radius 1 is 1.08 bits per heavy atom. The van der Waals surface area contributed by atoms with E-state index in [-0.39, 0.29) is 5.91 Å². The fourth-order valence-electron chi connectivity index (χ4n) is 4.41. The molecule has 1 saturated heterocycles. The van der Waals surface area contributed by atoms with Crippen molar-refractivity contribution in [2.24, 2.45) is 5.92 Å². The highest BCUT2D eigenvalue weighted by atomic mass is 16.1. The van der Waals surface area contributed by atoms with Gasteiger partial charge in [0.2, 0.25) is 0 Å². The van der Waals surface area contributed by atoms with E-state index in [1.54, 1.807) is 0 Å². The van der Waals surface area contributed by atoms with E-state index >= 15 is 0 Å². The van der Waals surface area contributed by atoms with Crippen LogP contribution in [0, 0.1) is 19.8 Å². The third-order valence-electron chi connectivity index (χ3n) is 5.33. The molecule has 0 spiro atoms. The van der Waals surface area contributed by atoms with Crippen LogP contribution in [0.15, 0.2) is 42.5 Å². The average molecular weight is 320 g/mol.